The molecule has 3 nitrogen and oxygen atoms in total. The van der Waals surface area contributed by atoms with Gasteiger partial charge >= 0.3 is 0 Å². The minimum Gasteiger partial charge on any atom is -0.316 e. The topological polar surface area (TPSA) is 18.5 Å². The summed E-state index contributed by atoms with van der Waals surface area (Å²) in [4.78, 5) is 5.25. The lowest BCUT2D eigenvalue weighted by molar-refractivity contribution is 0.123. The molecule has 0 spiro atoms. The fourth-order valence-electron chi connectivity index (χ4n) is 3.02. The van der Waals surface area contributed by atoms with Crippen molar-refractivity contribution in [3.05, 3.63) is 35.4 Å². The Morgan fingerprint density at radius 1 is 0.950 bits per heavy atom. The lowest BCUT2D eigenvalue weighted by atomic mass is 10.1. The van der Waals surface area contributed by atoms with Crippen LogP contribution >= 0.6 is 0 Å². The number of rotatable bonds is 6. The van der Waals surface area contributed by atoms with Gasteiger partial charge < -0.3 is 10.2 Å². The van der Waals surface area contributed by atoms with Gasteiger partial charge in [-0.1, -0.05) is 24.3 Å². The molecule has 1 heterocycles. The standard InChI is InChI=1S/C17H27N3/c1-18-12-15-2-4-16(5-3-15)13-19-8-10-20(11-9-19)14-17-6-7-17/h2-5,17-18H,6-14H2,1H3. The van der Waals surface area contributed by atoms with E-state index in [4.69, 9.17) is 0 Å². The highest BCUT2D eigenvalue weighted by molar-refractivity contribution is 5.22. The molecule has 0 aromatic heterocycles. The summed E-state index contributed by atoms with van der Waals surface area (Å²) in [5.74, 6) is 1.03. The van der Waals surface area contributed by atoms with Crippen molar-refractivity contribution in [1.29, 1.82) is 0 Å². The van der Waals surface area contributed by atoms with Gasteiger partial charge in [-0.15, -0.1) is 0 Å². The van der Waals surface area contributed by atoms with E-state index < -0.39 is 0 Å². The molecular formula is C17H27N3. The highest BCUT2D eigenvalue weighted by Crippen LogP contribution is 2.29. The molecule has 1 aliphatic carbocycles. The highest BCUT2D eigenvalue weighted by Gasteiger charge is 2.26. The van der Waals surface area contributed by atoms with E-state index in [1.165, 1.54) is 56.7 Å². The van der Waals surface area contributed by atoms with Gasteiger partial charge in [-0.05, 0) is 36.9 Å². The fourth-order valence-corrected chi connectivity index (χ4v) is 3.02. The maximum absolute atomic E-state index is 3.19. The summed E-state index contributed by atoms with van der Waals surface area (Å²) < 4.78 is 0. The van der Waals surface area contributed by atoms with E-state index in [0.717, 1.165) is 19.0 Å². The van der Waals surface area contributed by atoms with E-state index in [-0.39, 0.29) is 0 Å². The van der Waals surface area contributed by atoms with Crippen LogP contribution in [-0.4, -0.2) is 49.6 Å². The first-order valence-electron chi connectivity index (χ1n) is 8.00. The molecule has 20 heavy (non-hydrogen) atoms. The molecule has 3 rings (SSSR count). The van der Waals surface area contributed by atoms with Gasteiger partial charge in [-0.25, -0.2) is 0 Å². The summed E-state index contributed by atoms with van der Waals surface area (Å²) in [5.41, 5.74) is 2.81. The van der Waals surface area contributed by atoms with E-state index in [1.54, 1.807) is 0 Å². The molecule has 3 heteroatoms. The summed E-state index contributed by atoms with van der Waals surface area (Å²) in [6, 6.07) is 9.05. The minimum atomic E-state index is 0.958. The maximum atomic E-state index is 3.19. The molecule has 2 fully saturated rings. The first kappa shape index (κ1) is 14.1. The quantitative estimate of drug-likeness (QED) is 0.854. The molecule has 0 radical (unpaired) electrons. The van der Waals surface area contributed by atoms with Gasteiger partial charge in [0.1, 0.15) is 0 Å². The Kier molecular flexibility index (Phi) is 4.71. The van der Waals surface area contributed by atoms with Gasteiger partial charge in [0.25, 0.3) is 0 Å². The fraction of sp³-hybridized carbons (Fsp3) is 0.647. The molecule has 0 bridgehead atoms. The summed E-state index contributed by atoms with van der Waals surface area (Å²) in [5, 5.41) is 3.19. The minimum absolute atomic E-state index is 0.958. The van der Waals surface area contributed by atoms with Crippen LogP contribution in [0, 0.1) is 5.92 Å². The van der Waals surface area contributed by atoms with Crippen LogP contribution in [0.4, 0.5) is 0 Å². The molecule has 1 aromatic carbocycles. The maximum Gasteiger partial charge on any atom is 0.0234 e. The van der Waals surface area contributed by atoms with Crippen molar-refractivity contribution in [2.45, 2.75) is 25.9 Å². The monoisotopic (exact) mass is 273 g/mol. The van der Waals surface area contributed by atoms with Gasteiger partial charge in [-0.2, -0.15) is 0 Å². The van der Waals surface area contributed by atoms with E-state index in [1.807, 2.05) is 7.05 Å². The van der Waals surface area contributed by atoms with Crippen molar-refractivity contribution in [3.8, 4) is 0 Å². The number of nitrogens with zero attached hydrogens (tertiary/aromatic N) is 2. The van der Waals surface area contributed by atoms with Crippen molar-refractivity contribution < 1.29 is 0 Å². The average molecular weight is 273 g/mol. The Hall–Kier alpha value is -0.900. The van der Waals surface area contributed by atoms with E-state index in [2.05, 4.69) is 39.4 Å². The largest absolute Gasteiger partial charge is 0.316 e. The SMILES string of the molecule is CNCc1ccc(CN2CCN(CC3CC3)CC2)cc1. The van der Waals surface area contributed by atoms with Crippen LogP contribution in [-0.2, 0) is 13.1 Å². The first-order valence-corrected chi connectivity index (χ1v) is 8.00. The Balaban J connectivity index is 1.43. The van der Waals surface area contributed by atoms with Gasteiger partial charge in [0.05, 0.1) is 0 Å². The zero-order valence-electron chi connectivity index (χ0n) is 12.6. The summed E-state index contributed by atoms with van der Waals surface area (Å²) in [6.07, 6.45) is 2.94. The van der Waals surface area contributed by atoms with Crippen molar-refractivity contribution >= 4 is 0 Å². The number of piperazine rings is 1. The van der Waals surface area contributed by atoms with Crippen LogP contribution in [0.25, 0.3) is 0 Å². The molecule has 2 aliphatic rings. The number of hydrogen-bond acceptors (Lipinski definition) is 3. The summed E-state index contributed by atoms with van der Waals surface area (Å²) in [6.45, 7) is 8.39. The van der Waals surface area contributed by atoms with Gasteiger partial charge in [0, 0.05) is 45.8 Å². The lowest BCUT2D eigenvalue weighted by Crippen LogP contribution is -2.46. The van der Waals surface area contributed by atoms with Crippen molar-refractivity contribution in [1.82, 2.24) is 15.1 Å². The molecular weight excluding hydrogens is 246 g/mol. The predicted octanol–water partition coefficient (Wildman–Crippen LogP) is 1.93. The zero-order chi connectivity index (χ0) is 13.8. The Labute approximate surface area is 123 Å². The normalized spacial score (nSPS) is 21.2. The molecule has 1 saturated carbocycles. The number of benzene rings is 1. The van der Waals surface area contributed by atoms with Crippen molar-refractivity contribution in [3.63, 3.8) is 0 Å². The van der Waals surface area contributed by atoms with Gasteiger partial charge in [0.15, 0.2) is 0 Å². The number of nitrogens with one attached hydrogen (secondary N) is 1. The van der Waals surface area contributed by atoms with Crippen molar-refractivity contribution in [2.24, 2.45) is 5.92 Å². The van der Waals surface area contributed by atoms with E-state index in [9.17, 15) is 0 Å². The van der Waals surface area contributed by atoms with Crippen molar-refractivity contribution in [2.75, 3.05) is 39.8 Å². The van der Waals surface area contributed by atoms with Gasteiger partial charge in [-0.3, -0.25) is 4.90 Å². The number of hydrogen-bond donors (Lipinski definition) is 1. The molecule has 0 unspecified atom stereocenters. The second-order valence-corrected chi connectivity index (χ2v) is 6.37. The highest BCUT2D eigenvalue weighted by atomic mass is 15.3. The predicted molar refractivity (Wildman–Crippen MR) is 83.6 cm³/mol. The second kappa shape index (κ2) is 6.70. The third-order valence-corrected chi connectivity index (χ3v) is 4.49. The van der Waals surface area contributed by atoms with Crippen LogP contribution in [0.5, 0.6) is 0 Å². The summed E-state index contributed by atoms with van der Waals surface area (Å²) in [7, 11) is 2.00. The smallest absolute Gasteiger partial charge is 0.0234 e. The molecule has 1 aromatic rings. The molecule has 1 saturated heterocycles. The second-order valence-electron chi connectivity index (χ2n) is 6.37. The average Bonchev–Trinajstić information content (AvgIpc) is 3.28. The van der Waals surface area contributed by atoms with E-state index >= 15 is 0 Å². The first-order chi connectivity index (χ1) is 9.83. The summed E-state index contributed by atoms with van der Waals surface area (Å²) >= 11 is 0. The Morgan fingerprint density at radius 2 is 1.55 bits per heavy atom. The van der Waals surface area contributed by atoms with Crippen LogP contribution in [0.15, 0.2) is 24.3 Å². The molecule has 1 aliphatic heterocycles. The molecule has 110 valence electrons. The Morgan fingerprint density at radius 3 is 2.15 bits per heavy atom. The lowest BCUT2D eigenvalue weighted by Gasteiger charge is -2.34. The molecule has 0 amide bonds. The van der Waals surface area contributed by atoms with E-state index in [0.29, 0.717) is 0 Å². The van der Waals surface area contributed by atoms with Crippen LogP contribution < -0.4 is 5.32 Å². The zero-order valence-corrected chi connectivity index (χ0v) is 12.6. The molecule has 0 atom stereocenters. The molecule has 1 N–H and O–H groups in total. The van der Waals surface area contributed by atoms with Gasteiger partial charge in [0.2, 0.25) is 0 Å². The van der Waals surface area contributed by atoms with Crippen LogP contribution in [0.3, 0.4) is 0 Å². The third-order valence-electron chi connectivity index (χ3n) is 4.49. The van der Waals surface area contributed by atoms with Crippen LogP contribution in [0.1, 0.15) is 24.0 Å². The third kappa shape index (κ3) is 4.05. The van der Waals surface area contributed by atoms with Crippen LogP contribution in [0.2, 0.25) is 0 Å². The Bertz CT molecular complexity index is 403.